The first-order chi connectivity index (χ1) is 9.67. The van der Waals surface area contributed by atoms with E-state index in [0.717, 1.165) is 18.4 Å². The van der Waals surface area contributed by atoms with Crippen molar-refractivity contribution in [1.82, 2.24) is 5.32 Å². The smallest absolute Gasteiger partial charge is 0.0362 e. The van der Waals surface area contributed by atoms with Crippen molar-refractivity contribution in [2.45, 2.75) is 58.9 Å². The molecule has 0 heterocycles. The first-order valence-corrected chi connectivity index (χ1v) is 8.96. The second-order valence-electron chi connectivity index (χ2n) is 6.18. The molecule has 0 bridgehead atoms. The van der Waals surface area contributed by atoms with E-state index in [2.05, 4.69) is 60.2 Å². The van der Waals surface area contributed by atoms with Crippen LogP contribution in [0.15, 0.2) is 22.7 Å². The highest BCUT2D eigenvalue weighted by molar-refractivity contribution is 9.10. The number of benzene rings is 1. The van der Waals surface area contributed by atoms with E-state index in [0.29, 0.717) is 6.04 Å². The second-order valence-corrected chi connectivity index (χ2v) is 7.03. The maximum atomic E-state index is 3.77. The van der Waals surface area contributed by atoms with E-state index in [4.69, 9.17) is 0 Å². The Kier molecular flexibility index (Phi) is 6.10. The average Bonchev–Trinajstić information content (AvgIpc) is 2.47. The van der Waals surface area contributed by atoms with Crippen molar-refractivity contribution in [1.29, 1.82) is 0 Å². The summed E-state index contributed by atoms with van der Waals surface area (Å²) in [5, 5.41) is 3.77. The summed E-state index contributed by atoms with van der Waals surface area (Å²) in [6.07, 6.45) is 6.91. The number of rotatable bonds is 5. The Morgan fingerprint density at radius 2 is 2.00 bits per heavy atom. The second kappa shape index (κ2) is 7.61. The highest BCUT2D eigenvalue weighted by atomic mass is 79.9. The minimum atomic E-state index is 0.500. The Balaban J connectivity index is 2.31. The van der Waals surface area contributed by atoms with Crippen LogP contribution in [0, 0.1) is 18.8 Å². The number of halogens is 1. The monoisotopic (exact) mass is 337 g/mol. The van der Waals surface area contributed by atoms with Crippen LogP contribution in [0.1, 0.15) is 63.1 Å². The van der Waals surface area contributed by atoms with E-state index in [-0.39, 0.29) is 0 Å². The fraction of sp³-hybridized carbons (Fsp3) is 0.667. The van der Waals surface area contributed by atoms with Gasteiger partial charge >= 0.3 is 0 Å². The van der Waals surface area contributed by atoms with E-state index >= 15 is 0 Å². The van der Waals surface area contributed by atoms with Crippen molar-refractivity contribution in [2.75, 3.05) is 6.54 Å². The maximum Gasteiger partial charge on any atom is 0.0362 e. The molecule has 0 aromatic heterocycles. The molecule has 112 valence electrons. The third kappa shape index (κ3) is 3.65. The zero-order valence-corrected chi connectivity index (χ0v) is 14.7. The van der Waals surface area contributed by atoms with Crippen LogP contribution in [0.25, 0.3) is 0 Å². The van der Waals surface area contributed by atoms with Crippen LogP contribution in [0.2, 0.25) is 0 Å². The van der Waals surface area contributed by atoms with Gasteiger partial charge in [0.15, 0.2) is 0 Å². The van der Waals surface area contributed by atoms with Crippen LogP contribution in [-0.2, 0) is 0 Å². The first-order valence-electron chi connectivity index (χ1n) is 8.16. The van der Waals surface area contributed by atoms with Gasteiger partial charge in [0.2, 0.25) is 0 Å². The van der Waals surface area contributed by atoms with Gasteiger partial charge in [-0.2, -0.15) is 0 Å². The summed E-state index contributed by atoms with van der Waals surface area (Å²) in [6, 6.07) is 7.26. The Hall–Kier alpha value is -0.340. The predicted molar refractivity (Wildman–Crippen MR) is 91.0 cm³/mol. The summed E-state index contributed by atoms with van der Waals surface area (Å²) >= 11 is 3.77. The molecular formula is C18H28BrN. The van der Waals surface area contributed by atoms with E-state index in [9.17, 15) is 0 Å². The topological polar surface area (TPSA) is 12.0 Å². The number of nitrogens with one attached hydrogen (secondary N) is 1. The number of aryl methyl sites for hydroxylation is 1. The third-order valence-corrected chi connectivity index (χ3v) is 5.55. The Morgan fingerprint density at radius 3 is 2.70 bits per heavy atom. The summed E-state index contributed by atoms with van der Waals surface area (Å²) in [4.78, 5) is 0. The minimum absolute atomic E-state index is 0.500. The summed E-state index contributed by atoms with van der Waals surface area (Å²) in [5.41, 5.74) is 2.81. The van der Waals surface area contributed by atoms with Crippen molar-refractivity contribution in [3.8, 4) is 0 Å². The van der Waals surface area contributed by atoms with Crippen LogP contribution >= 0.6 is 15.9 Å². The van der Waals surface area contributed by atoms with Gasteiger partial charge < -0.3 is 5.32 Å². The maximum absolute atomic E-state index is 3.77. The lowest BCUT2D eigenvalue weighted by atomic mass is 9.72. The zero-order valence-electron chi connectivity index (χ0n) is 13.1. The molecular weight excluding hydrogens is 310 g/mol. The molecule has 1 nitrogen and oxygen atoms in total. The fourth-order valence-electron chi connectivity index (χ4n) is 3.80. The Bertz CT molecular complexity index is 429. The minimum Gasteiger partial charge on any atom is -0.310 e. The molecule has 1 N–H and O–H groups in total. The van der Waals surface area contributed by atoms with Gasteiger partial charge in [0.25, 0.3) is 0 Å². The Labute approximate surface area is 132 Å². The summed E-state index contributed by atoms with van der Waals surface area (Å²) in [7, 11) is 0. The number of hydrogen-bond acceptors (Lipinski definition) is 1. The molecule has 0 aliphatic heterocycles. The largest absolute Gasteiger partial charge is 0.310 e. The quantitative estimate of drug-likeness (QED) is 0.734. The standard InChI is InChI=1S/C18H28BrN/c1-4-14-8-6-7-9-15(14)18(20-5-2)16-12-13(3)10-11-17(16)19/h10-12,14-15,18,20H,4-9H2,1-3H3. The SMILES string of the molecule is CCNC(c1cc(C)ccc1Br)C1CCCCC1CC. The molecule has 1 aliphatic carbocycles. The molecule has 1 aromatic rings. The Morgan fingerprint density at radius 1 is 1.25 bits per heavy atom. The highest BCUT2D eigenvalue weighted by Crippen LogP contribution is 2.42. The van der Waals surface area contributed by atoms with Gasteiger partial charge in [-0.3, -0.25) is 0 Å². The van der Waals surface area contributed by atoms with Gasteiger partial charge in [0.1, 0.15) is 0 Å². The lowest BCUT2D eigenvalue weighted by Gasteiger charge is -2.38. The molecule has 3 unspecified atom stereocenters. The van der Waals surface area contributed by atoms with Crippen LogP contribution in [0.3, 0.4) is 0 Å². The first kappa shape index (κ1) is 16.0. The molecule has 2 rings (SSSR count). The highest BCUT2D eigenvalue weighted by Gasteiger charge is 2.32. The molecule has 0 amide bonds. The lowest BCUT2D eigenvalue weighted by Crippen LogP contribution is -2.34. The van der Waals surface area contributed by atoms with Gasteiger partial charge in [-0.1, -0.05) is 73.2 Å². The summed E-state index contributed by atoms with van der Waals surface area (Å²) in [5.74, 6) is 1.66. The predicted octanol–water partition coefficient (Wildman–Crippen LogP) is 5.62. The van der Waals surface area contributed by atoms with Crippen LogP contribution < -0.4 is 5.32 Å². The average molecular weight is 338 g/mol. The van der Waals surface area contributed by atoms with E-state index in [1.807, 2.05) is 0 Å². The lowest BCUT2D eigenvalue weighted by molar-refractivity contribution is 0.176. The third-order valence-electron chi connectivity index (χ3n) is 4.83. The molecule has 1 saturated carbocycles. The molecule has 1 fully saturated rings. The van der Waals surface area contributed by atoms with Crippen molar-refractivity contribution in [3.63, 3.8) is 0 Å². The van der Waals surface area contributed by atoms with Gasteiger partial charge in [-0.25, -0.2) is 0 Å². The fourth-order valence-corrected chi connectivity index (χ4v) is 4.29. The normalized spacial score (nSPS) is 24.6. The zero-order chi connectivity index (χ0) is 14.5. The van der Waals surface area contributed by atoms with Crippen LogP contribution in [0.4, 0.5) is 0 Å². The molecule has 2 heteroatoms. The van der Waals surface area contributed by atoms with E-state index < -0.39 is 0 Å². The molecule has 1 aliphatic rings. The van der Waals surface area contributed by atoms with Crippen molar-refractivity contribution in [3.05, 3.63) is 33.8 Å². The van der Waals surface area contributed by atoms with Crippen molar-refractivity contribution in [2.24, 2.45) is 11.8 Å². The van der Waals surface area contributed by atoms with Gasteiger partial charge in [-0.05, 0) is 43.4 Å². The molecule has 3 atom stereocenters. The molecule has 1 aromatic carbocycles. The summed E-state index contributed by atoms with van der Waals surface area (Å²) < 4.78 is 1.26. The molecule has 0 spiro atoms. The molecule has 0 radical (unpaired) electrons. The van der Waals surface area contributed by atoms with Gasteiger partial charge in [0, 0.05) is 10.5 Å². The van der Waals surface area contributed by atoms with E-state index in [1.165, 1.54) is 47.7 Å². The van der Waals surface area contributed by atoms with Gasteiger partial charge in [-0.15, -0.1) is 0 Å². The number of hydrogen-bond donors (Lipinski definition) is 1. The molecule has 0 saturated heterocycles. The molecule has 20 heavy (non-hydrogen) atoms. The van der Waals surface area contributed by atoms with Crippen LogP contribution in [-0.4, -0.2) is 6.54 Å². The van der Waals surface area contributed by atoms with Crippen LogP contribution in [0.5, 0.6) is 0 Å². The van der Waals surface area contributed by atoms with E-state index in [1.54, 1.807) is 0 Å². The van der Waals surface area contributed by atoms with Crippen molar-refractivity contribution >= 4 is 15.9 Å². The van der Waals surface area contributed by atoms with Gasteiger partial charge in [0.05, 0.1) is 0 Å². The summed E-state index contributed by atoms with van der Waals surface area (Å²) in [6.45, 7) is 7.81. The van der Waals surface area contributed by atoms with Crippen molar-refractivity contribution < 1.29 is 0 Å².